The van der Waals surface area contributed by atoms with Crippen LogP contribution < -0.4 is 0 Å². The zero-order valence-corrected chi connectivity index (χ0v) is 8.61. The first-order valence-electron chi connectivity index (χ1n) is 5.53. The second-order valence-electron chi connectivity index (χ2n) is 4.39. The molecule has 0 aliphatic heterocycles. The van der Waals surface area contributed by atoms with Crippen molar-refractivity contribution in [1.29, 1.82) is 0 Å². The standard InChI is InChI=1S/C12H15F3/c13-10-5-3-4-9(8-10)11-6-1-2-7-12(11,14)15/h4,8,11H,1-3,5-7H2. The first-order valence-corrected chi connectivity index (χ1v) is 5.53. The highest BCUT2D eigenvalue weighted by molar-refractivity contribution is 5.29. The van der Waals surface area contributed by atoms with Crippen LogP contribution in [0.4, 0.5) is 13.2 Å². The minimum atomic E-state index is -2.64. The van der Waals surface area contributed by atoms with E-state index in [2.05, 4.69) is 0 Å². The Balaban J connectivity index is 2.18. The highest BCUT2D eigenvalue weighted by atomic mass is 19.3. The summed E-state index contributed by atoms with van der Waals surface area (Å²) in [6, 6.07) is 0. The van der Waals surface area contributed by atoms with Crippen LogP contribution in [0.5, 0.6) is 0 Å². The predicted octanol–water partition coefficient (Wildman–Crippen LogP) is 4.39. The van der Waals surface area contributed by atoms with Gasteiger partial charge in [-0.05, 0) is 30.9 Å². The fourth-order valence-electron chi connectivity index (χ4n) is 2.44. The molecule has 1 fully saturated rings. The van der Waals surface area contributed by atoms with Crippen molar-refractivity contribution >= 4 is 0 Å². The Morgan fingerprint density at radius 1 is 1.27 bits per heavy atom. The third-order valence-electron chi connectivity index (χ3n) is 3.25. The Morgan fingerprint density at radius 3 is 2.73 bits per heavy atom. The van der Waals surface area contributed by atoms with Gasteiger partial charge in [0.05, 0.1) is 0 Å². The van der Waals surface area contributed by atoms with Crippen molar-refractivity contribution in [3.8, 4) is 0 Å². The van der Waals surface area contributed by atoms with Crippen LogP contribution in [0, 0.1) is 5.92 Å². The number of hydrogen-bond donors (Lipinski definition) is 0. The zero-order chi connectivity index (χ0) is 10.9. The van der Waals surface area contributed by atoms with E-state index in [1.807, 2.05) is 0 Å². The van der Waals surface area contributed by atoms with Crippen molar-refractivity contribution in [2.75, 3.05) is 0 Å². The summed E-state index contributed by atoms with van der Waals surface area (Å²) >= 11 is 0. The lowest BCUT2D eigenvalue weighted by atomic mass is 9.79. The summed E-state index contributed by atoms with van der Waals surface area (Å²) in [6.45, 7) is 0. The Morgan fingerprint density at radius 2 is 2.07 bits per heavy atom. The summed E-state index contributed by atoms with van der Waals surface area (Å²) in [5.74, 6) is -3.65. The minimum Gasteiger partial charge on any atom is -0.212 e. The molecule has 0 aromatic heterocycles. The fourth-order valence-corrected chi connectivity index (χ4v) is 2.44. The van der Waals surface area contributed by atoms with Gasteiger partial charge in [0.1, 0.15) is 5.83 Å². The smallest absolute Gasteiger partial charge is 0.212 e. The van der Waals surface area contributed by atoms with E-state index in [0.717, 1.165) is 6.42 Å². The van der Waals surface area contributed by atoms with Gasteiger partial charge in [-0.3, -0.25) is 0 Å². The Bertz CT molecular complexity index is 302. The molecule has 0 spiro atoms. The summed E-state index contributed by atoms with van der Waals surface area (Å²) in [7, 11) is 0. The van der Waals surface area contributed by atoms with Crippen LogP contribution in [0.3, 0.4) is 0 Å². The van der Waals surface area contributed by atoms with Crippen LogP contribution in [0.25, 0.3) is 0 Å². The number of allylic oxidation sites excluding steroid dienone is 4. The molecule has 0 aromatic carbocycles. The first kappa shape index (κ1) is 10.8. The molecule has 0 bridgehead atoms. The van der Waals surface area contributed by atoms with Gasteiger partial charge in [0, 0.05) is 18.8 Å². The van der Waals surface area contributed by atoms with Gasteiger partial charge in [-0.2, -0.15) is 0 Å². The maximum absolute atomic E-state index is 13.6. The molecule has 0 heterocycles. The molecule has 0 aromatic rings. The van der Waals surface area contributed by atoms with Gasteiger partial charge >= 0.3 is 0 Å². The molecule has 0 radical (unpaired) electrons. The van der Waals surface area contributed by atoms with Crippen molar-refractivity contribution in [1.82, 2.24) is 0 Å². The number of alkyl halides is 2. The summed E-state index contributed by atoms with van der Waals surface area (Å²) in [6.07, 6.45) is 5.86. The molecular weight excluding hydrogens is 201 g/mol. The second kappa shape index (κ2) is 4.03. The summed E-state index contributed by atoms with van der Waals surface area (Å²) in [5, 5.41) is 0. The molecule has 0 saturated heterocycles. The van der Waals surface area contributed by atoms with Crippen LogP contribution in [0.1, 0.15) is 38.5 Å². The van der Waals surface area contributed by atoms with Crippen molar-refractivity contribution < 1.29 is 13.2 Å². The molecule has 3 heteroatoms. The van der Waals surface area contributed by atoms with E-state index in [4.69, 9.17) is 0 Å². The molecule has 1 saturated carbocycles. The van der Waals surface area contributed by atoms with E-state index in [1.54, 1.807) is 6.08 Å². The summed E-state index contributed by atoms with van der Waals surface area (Å²) in [4.78, 5) is 0. The van der Waals surface area contributed by atoms with E-state index in [9.17, 15) is 13.2 Å². The molecule has 2 rings (SSSR count). The molecule has 2 aliphatic carbocycles. The highest BCUT2D eigenvalue weighted by Crippen LogP contribution is 2.44. The fraction of sp³-hybridized carbons (Fsp3) is 0.667. The number of hydrogen-bond acceptors (Lipinski definition) is 0. The van der Waals surface area contributed by atoms with E-state index < -0.39 is 11.8 Å². The van der Waals surface area contributed by atoms with Crippen LogP contribution in [-0.2, 0) is 0 Å². The van der Waals surface area contributed by atoms with Crippen LogP contribution in [0.2, 0.25) is 0 Å². The Labute approximate surface area is 87.9 Å². The van der Waals surface area contributed by atoms with Crippen molar-refractivity contribution in [3.05, 3.63) is 23.6 Å². The van der Waals surface area contributed by atoms with E-state index in [-0.39, 0.29) is 12.2 Å². The van der Waals surface area contributed by atoms with Gasteiger partial charge in [0.2, 0.25) is 0 Å². The average molecular weight is 216 g/mol. The number of halogens is 3. The topological polar surface area (TPSA) is 0 Å². The third-order valence-corrected chi connectivity index (χ3v) is 3.25. The van der Waals surface area contributed by atoms with Crippen molar-refractivity contribution in [2.45, 2.75) is 44.4 Å². The lowest BCUT2D eigenvalue weighted by Crippen LogP contribution is -2.33. The maximum atomic E-state index is 13.6. The van der Waals surface area contributed by atoms with Gasteiger partial charge in [-0.1, -0.05) is 12.5 Å². The van der Waals surface area contributed by atoms with E-state index in [1.165, 1.54) is 6.08 Å². The molecule has 0 nitrogen and oxygen atoms in total. The Kier molecular flexibility index (Phi) is 2.89. The van der Waals surface area contributed by atoms with Crippen LogP contribution in [-0.4, -0.2) is 5.92 Å². The maximum Gasteiger partial charge on any atom is 0.254 e. The largest absolute Gasteiger partial charge is 0.254 e. The zero-order valence-electron chi connectivity index (χ0n) is 8.61. The van der Waals surface area contributed by atoms with Crippen molar-refractivity contribution in [3.63, 3.8) is 0 Å². The van der Waals surface area contributed by atoms with E-state index in [0.29, 0.717) is 31.3 Å². The minimum absolute atomic E-state index is 0.0511. The molecule has 0 N–H and O–H groups in total. The summed E-state index contributed by atoms with van der Waals surface area (Å²) < 4.78 is 40.2. The molecular formula is C12H15F3. The lowest BCUT2D eigenvalue weighted by molar-refractivity contribution is -0.0705. The van der Waals surface area contributed by atoms with Crippen LogP contribution >= 0.6 is 0 Å². The predicted molar refractivity (Wildman–Crippen MR) is 53.4 cm³/mol. The van der Waals surface area contributed by atoms with E-state index >= 15 is 0 Å². The highest BCUT2D eigenvalue weighted by Gasteiger charge is 2.42. The molecule has 1 atom stereocenters. The normalized spacial score (nSPS) is 30.7. The third kappa shape index (κ3) is 2.27. The quantitative estimate of drug-likeness (QED) is 0.610. The molecule has 84 valence electrons. The van der Waals surface area contributed by atoms with Gasteiger partial charge in [-0.15, -0.1) is 0 Å². The van der Waals surface area contributed by atoms with Gasteiger partial charge in [-0.25, -0.2) is 13.2 Å². The van der Waals surface area contributed by atoms with Crippen molar-refractivity contribution in [2.24, 2.45) is 5.92 Å². The monoisotopic (exact) mass is 216 g/mol. The second-order valence-corrected chi connectivity index (χ2v) is 4.39. The molecule has 0 amide bonds. The van der Waals surface area contributed by atoms with Gasteiger partial charge in [0.15, 0.2) is 0 Å². The number of rotatable bonds is 1. The molecule has 15 heavy (non-hydrogen) atoms. The Hall–Kier alpha value is -0.730. The van der Waals surface area contributed by atoms with Gasteiger partial charge in [0.25, 0.3) is 5.92 Å². The SMILES string of the molecule is FC1=CC(C2CCCCC2(F)F)=CCC1. The van der Waals surface area contributed by atoms with Gasteiger partial charge < -0.3 is 0 Å². The van der Waals surface area contributed by atoms with Crippen LogP contribution in [0.15, 0.2) is 23.6 Å². The first-order chi connectivity index (χ1) is 7.09. The lowest BCUT2D eigenvalue weighted by Gasteiger charge is -2.33. The molecule has 2 aliphatic rings. The summed E-state index contributed by atoms with van der Waals surface area (Å²) in [5.41, 5.74) is 0.517. The average Bonchev–Trinajstić information content (AvgIpc) is 2.17. The molecule has 1 unspecified atom stereocenters.